The number of amides is 2. The van der Waals surface area contributed by atoms with Gasteiger partial charge in [0.2, 0.25) is 5.91 Å². The first kappa shape index (κ1) is 28.6. The molecule has 2 amide bonds. The lowest BCUT2D eigenvalue weighted by molar-refractivity contribution is -0.128. The van der Waals surface area contributed by atoms with Crippen LogP contribution in [0.15, 0.2) is 59.5 Å². The van der Waals surface area contributed by atoms with Gasteiger partial charge in [-0.2, -0.15) is 0 Å². The summed E-state index contributed by atoms with van der Waals surface area (Å²) in [5.41, 5.74) is 5.27. The number of nitrogens with one attached hydrogen (secondary N) is 3. The van der Waals surface area contributed by atoms with Gasteiger partial charge in [0.25, 0.3) is 5.56 Å². The average Bonchev–Trinajstić information content (AvgIpc) is 3.39. The van der Waals surface area contributed by atoms with E-state index in [1.165, 1.54) is 39.2 Å². The highest BCUT2D eigenvalue weighted by Crippen LogP contribution is 2.35. The zero-order valence-electron chi connectivity index (χ0n) is 24.4. The monoisotopic (exact) mass is 598 g/mol. The van der Waals surface area contributed by atoms with E-state index in [1.54, 1.807) is 13.2 Å². The van der Waals surface area contributed by atoms with Gasteiger partial charge in [0, 0.05) is 48.1 Å². The van der Waals surface area contributed by atoms with Gasteiger partial charge in [-0.3, -0.25) is 19.8 Å². The molecule has 0 spiro atoms. The third-order valence-corrected chi connectivity index (χ3v) is 9.14. The first-order valence-corrected chi connectivity index (χ1v) is 15.2. The molecule has 3 N–H and O–H groups in total. The molecular formula is C32H34N6O4S. The van der Waals surface area contributed by atoms with Crippen LogP contribution in [0.25, 0.3) is 11.3 Å². The molecule has 6 rings (SSSR count). The number of ether oxygens (including phenoxy) is 1. The second-order valence-corrected chi connectivity index (χ2v) is 12.1. The van der Waals surface area contributed by atoms with E-state index in [4.69, 9.17) is 4.74 Å². The number of fused-ring (bicyclic) bond motifs is 1. The summed E-state index contributed by atoms with van der Waals surface area (Å²) < 4.78 is 7.10. The number of likely N-dealkylation sites (N-methyl/N-ethyl adjacent to an activating group) is 1. The molecule has 222 valence electrons. The van der Waals surface area contributed by atoms with E-state index >= 15 is 0 Å². The maximum atomic E-state index is 13.0. The molecule has 3 heterocycles. The molecule has 2 aliphatic rings. The molecule has 4 aromatic rings. The number of carbonyl (C=O) groups excluding carboxylic acids is 2. The first-order valence-electron chi connectivity index (χ1n) is 14.4. The molecule has 0 bridgehead atoms. The highest BCUT2D eigenvalue weighted by Gasteiger charge is 2.28. The van der Waals surface area contributed by atoms with Crippen LogP contribution in [0.3, 0.4) is 0 Å². The summed E-state index contributed by atoms with van der Waals surface area (Å²) in [6, 6.07) is 14.6. The zero-order chi connectivity index (χ0) is 30.1. The van der Waals surface area contributed by atoms with Crippen LogP contribution >= 0.6 is 11.3 Å². The van der Waals surface area contributed by atoms with Crippen molar-refractivity contribution in [2.45, 2.75) is 38.6 Å². The van der Waals surface area contributed by atoms with E-state index in [-0.39, 0.29) is 23.3 Å². The number of aryl methyl sites for hydroxylation is 3. The maximum absolute atomic E-state index is 13.0. The summed E-state index contributed by atoms with van der Waals surface area (Å²) in [4.78, 5) is 46.2. The standard InChI is InChI=1S/C32H34N6O4S/c1-19-23(8-6-9-24(19)36-32(41)42-27-17-21-7-4-5-10-26(21)43-27)25-18-38(3)31(40)29(35-25)34-22-13-11-20(12-14-22)28-30(39)33-15-16-37(28)2/h6,8-9,11-14,17-18,28H,4-5,7,10,15-16H2,1-3H3,(H,33,39)(H,34,35)(H,36,41). The number of nitrogens with zero attached hydrogens (tertiary/aromatic N) is 3. The lowest BCUT2D eigenvalue weighted by Gasteiger charge is -2.32. The minimum absolute atomic E-state index is 0.0247. The van der Waals surface area contributed by atoms with E-state index < -0.39 is 6.09 Å². The number of piperazine rings is 1. The summed E-state index contributed by atoms with van der Waals surface area (Å²) >= 11 is 1.54. The van der Waals surface area contributed by atoms with E-state index in [0.717, 1.165) is 36.1 Å². The van der Waals surface area contributed by atoms with Gasteiger partial charge in [0.15, 0.2) is 10.9 Å². The predicted molar refractivity (Wildman–Crippen MR) is 168 cm³/mol. The van der Waals surface area contributed by atoms with Crippen LogP contribution in [0.2, 0.25) is 0 Å². The Kier molecular flexibility index (Phi) is 8.00. The predicted octanol–water partition coefficient (Wildman–Crippen LogP) is 5.15. The highest BCUT2D eigenvalue weighted by molar-refractivity contribution is 7.14. The molecule has 1 atom stereocenters. The third-order valence-electron chi connectivity index (χ3n) is 8.03. The van der Waals surface area contributed by atoms with Crippen molar-refractivity contribution in [2.75, 3.05) is 30.8 Å². The topological polar surface area (TPSA) is 118 Å². The van der Waals surface area contributed by atoms with E-state index in [9.17, 15) is 14.4 Å². The molecule has 2 aromatic heterocycles. The number of thiophene rings is 1. The average molecular weight is 599 g/mol. The molecule has 0 radical (unpaired) electrons. The van der Waals surface area contributed by atoms with Crippen molar-refractivity contribution >= 4 is 40.5 Å². The Hall–Kier alpha value is -4.48. The Bertz CT molecular complexity index is 1720. The van der Waals surface area contributed by atoms with Gasteiger partial charge in [-0.1, -0.05) is 24.3 Å². The van der Waals surface area contributed by atoms with Crippen molar-refractivity contribution < 1.29 is 14.3 Å². The SMILES string of the molecule is Cc1c(NC(=O)Oc2cc3c(s2)CCCC3)cccc1-c1cn(C)c(=O)c(Nc2ccc(C3C(=O)NCCN3C)cc2)n1. The molecule has 43 heavy (non-hydrogen) atoms. The molecule has 0 saturated carbocycles. The fraction of sp³-hybridized carbons (Fsp3) is 0.312. The van der Waals surface area contributed by atoms with Gasteiger partial charge in [0.1, 0.15) is 6.04 Å². The van der Waals surface area contributed by atoms with Crippen LogP contribution in [0.5, 0.6) is 5.06 Å². The van der Waals surface area contributed by atoms with Crippen LogP contribution < -0.4 is 26.2 Å². The minimum Gasteiger partial charge on any atom is -0.399 e. The maximum Gasteiger partial charge on any atom is 0.417 e. The van der Waals surface area contributed by atoms with Crippen molar-refractivity contribution in [2.24, 2.45) is 7.05 Å². The van der Waals surface area contributed by atoms with Crippen LogP contribution in [0.1, 0.15) is 40.5 Å². The van der Waals surface area contributed by atoms with Crippen molar-refractivity contribution in [3.8, 4) is 16.3 Å². The van der Waals surface area contributed by atoms with Crippen molar-refractivity contribution in [1.29, 1.82) is 0 Å². The smallest absolute Gasteiger partial charge is 0.399 e. The summed E-state index contributed by atoms with van der Waals surface area (Å²) in [5.74, 6) is 0.141. The number of carbonyl (C=O) groups is 2. The zero-order valence-corrected chi connectivity index (χ0v) is 25.2. The van der Waals surface area contributed by atoms with Crippen molar-refractivity contribution in [3.63, 3.8) is 0 Å². The van der Waals surface area contributed by atoms with E-state index in [1.807, 2.05) is 67.4 Å². The van der Waals surface area contributed by atoms with Crippen molar-refractivity contribution in [3.05, 3.63) is 86.6 Å². The number of benzene rings is 2. The molecular weight excluding hydrogens is 564 g/mol. The Morgan fingerprint density at radius 3 is 2.65 bits per heavy atom. The first-order chi connectivity index (χ1) is 20.8. The summed E-state index contributed by atoms with van der Waals surface area (Å²) in [6.45, 7) is 3.30. The number of rotatable bonds is 6. The highest BCUT2D eigenvalue weighted by atomic mass is 32.1. The van der Waals surface area contributed by atoms with Gasteiger partial charge in [-0.15, -0.1) is 11.3 Å². The number of aromatic nitrogens is 2. The Morgan fingerprint density at radius 2 is 1.88 bits per heavy atom. The largest absolute Gasteiger partial charge is 0.417 e. The lowest BCUT2D eigenvalue weighted by Crippen LogP contribution is -2.48. The van der Waals surface area contributed by atoms with Crippen LogP contribution in [0, 0.1) is 6.92 Å². The molecule has 10 nitrogen and oxygen atoms in total. The van der Waals surface area contributed by atoms with Crippen LogP contribution in [0.4, 0.5) is 22.0 Å². The Balaban J connectivity index is 1.20. The molecule has 1 saturated heterocycles. The molecule has 2 aromatic carbocycles. The lowest BCUT2D eigenvalue weighted by atomic mass is 10.00. The van der Waals surface area contributed by atoms with E-state index in [2.05, 4.69) is 20.9 Å². The Morgan fingerprint density at radius 1 is 1.09 bits per heavy atom. The molecule has 1 unspecified atom stereocenters. The van der Waals surface area contributed by atoms with E-state index in [0.29, 0.717) is 28.7 Å². The molecule has 1 aliphatic heterocycles. The van der Waals surface area contributed by atoms with Gasteiger partial charge < -0.3 is 19.9 Å². The summed E-state index contributed by atoms with van der Waals surface area (Å²) in [5, 5.41) is 9.53. The van der Waals surface area contributed by atoms with Crippen LogP contribution in [-0.4, -0.2) is 46.6 Å². The Labute approximate surface area is 253 Å². The van der Waals surface area contributed by atoms with Gasteiger partial charge in [-0.05, 0) is 80.6 Å². The summed E-state index contributed by atoms with van der Waals surface area (Å²) in [7, 11) is 3.61. The van der Waals surface area contributed by atoms with Gasteiger partial charge in [-0.25, -0.2) is 9.78 Å². The molecule has 1 fully saturated rings. The second-order valence-electron chi connectivity index (χ2n) is 11.0. The van der Waals surface area contributed by atoms with Crippen molar-refractivity contribution in [1.82, 2.24) is 19.8 Å². The normalized spacial score (nSPS) is 16.7. The fourth-order valence-electron chi connectivity index (χ4n) is 5.68. The quantitative estimate of drug-likeness (QED) is 0.281. The molecule has 11 heteroatoms. The van der Waals surface area contributed by atoms with Gasteiger partial charge >= 0.3 is 6.09 Å². The number of hydrogen-bond donors (Lipinski definition) is 3. The summed E-state index contributed by atoms with van der Waals surface area (Å²) in [6.07, 6.45) is 5.54. The minimum atomic E-state index is -0.546. The van der Waals surface area contributed by atoms with Gasteiger partial charge in [0.05, 0.1) is 5.69 Å². The molecule has 1 aliphatic carbocycles. The fourth-order valence-corrected chi connectivity index (χ4v) is 6.78. The number of hydrogen-bond acceptors (Lipinski definition) is 8. The third kappa shape index (κ3) is 6.04. The number of anilines is 3. The van der Waals surface area contributed by atoms with Crippen LogP contribution in [-0.2, 0) is 24.7 Å². The second kappa shape index (κ2) is 12.0.